The predicted octanol–water partition coefficient (Wildman–Crippen LogP) is 2.06. The van der Waals surface area contributed by atoms with Gasteiger partial charge in [0.1, 0.15) is 12.4 Å². The van der Waals surface area contributed by atoms with Crippen LogP contribution in [0.25, 0.3) is 0 Å². The molecule has 1 atom stereocenters. The highest BCUT2D eigenvalue weighted by atomic mass is 16.5. The molecule has 0 heterocycles. The molecule has 25 heavy (non-hydrogen) atoms. The van der Waals surface area contributed by atoms with Gasteiger partial charge in [0.05, 0.1) is 6.04 Å². The van der Waals surface area contributed by atoms with E-state index in [1.54, 1.807) is 31.3 Å². The molecule has 0 aliphatic carbocycles. The van der Waals surface area contributed by atoms with Crippen molar-refractivity contribution in [2.24, 2.45) is 5.73 Å². The fourth-order valence-electron chi connectivity index (χ4n) is 2.15. The third-order valence-corrected chi connectivity index (χ3v) is 3.67. The molecule has 6 nitrogen and oxygen atoms in total. The number of hydrogen-bond acceptors (Lipinski definition) is 4. The van der Waals surface area contributed by atoms with Crippen LogP contribution < -0.4 is 21.1 Å². The zero-order valence-electron chi connectivity index (χ0n) is 14.2. The largest absolute Gasteiger partial charge is 0.489 e. The van der Waals surface area contributed by atoms with E-state index < -0.39 is 6.04 Å². The summed E-state index contributed by atoms with van der Waals surface area (Å²) in [5, 5.41) is 5.23. The van der Waals surface area contributed by atoms with Crippen molar-refractivity contribution in [3.8, 4) is 5.75 Å². The van der Waals surface area contributed by atoms with Crippen molar-refractivity contribution in [1.29, 1.82) is 0 Å². The van der Waals surface area contributed by atoms with Crippen LogP contribution in [0.15, 0.2) is 54.6 Å². The van der Waals surface area contributed by atoms with Crippen molar-refractivity contribution < 1.29 is 14.3 Å². The number of carbonyl (C=O) groups excluding carboxylic acids is 2. The van der Waals surface area contributed by atoms with Crippen LogP contribution in [-0.2, 0) is 16.2 Å². The minimum atomic E-state index is -0.730. The Morgan fingerprint density at radius 3 is 2.40 bits per heavy atom. The van der Waals surface area contributed by atoms with Gasteiger partial charge in [0.15, 0.2) is 0 Å². The van der Waals surface area contributed by atoms with E-state index in [1.807, 2.05) is 30.3 Å². The molecule has 2 amide bonds. The maximum absolute atomic E-state index is 12.0. The van der Waals surface area contributed by atoms with E-state index in [9.17, 15) is 9.59 Å². The number of anilines is 1. The smallest absolute Gasteiger partial charge is 0.241 e. The Labute approximate surface area is 147 Å². The lowest BCUT2D eigenvalue weighted by molar-refractivity contribution is -0.121. The van der Waals surface area contributed by atoms with E-state index in [1.165, 1.54) is 0 Å². The molecular formula is C19H23N3O3. The molecule has 0 spiro atoms. The van der Waals surface area contributed by atoms with Crippen LogP contribution in [0.1, 0.15) is 18.4 Å². The molecule has 6 heteroatoms. The Balaban J connectivity index is 1.81. The highest BCUT2D eigenvalue weighted by molar-refractivity contribution is 5.95. The predicted molar refractivity (Wildman–Crippen MR) is 97.1 cm³/mol. The van der Waals surface area contributed by atoms with Crippen LogP contribution in [0.3, 0.4) is 0 Å². The van der Waals surface area contributed by atoms with Crippen molar-refractivity contribution in [3.63, 3.8) is 0 Å². The number of nitrogens with two attached hydrogens (primary N) is 1. The average Bonchev–Trinajstić information content (AvgIpc) is 2.66. The Bertz CT molecular complexity index is 687. The third kappa shape index (κ3) is 6.27. The van der Waals surface area contributed by atoms with E-state index in [2.05, 4.69) is 10.6 Å². The summed E-state index contributed by atoms with van der Waals surface area (Å²) in [7, 11) is 1.55. The van der Waals surface area contributed by atoms with Gasteiger partial charge >= 0.3 is 0 Å². The van der Waals surface area contributed by atoms with Crippen LogP contribution in [0.5, 0.6) is 5.75 Å². The summed E-state index contributed by atoms with van der Waals surface area (Å²) in [5.41, 5.74) is 7.51. The first-order valence-corrected chi connectivity index (χ1v) is 8.12. The second-order valence-corrected chi connectivity index (χ2v) is 5.61. The number of rotatable bonds is 8. The lowest BCUT2D eigenvalue weighted by atomic mass is 10.1. The molecule has 0 fully saturated rings. The first kappa shape index (κ1) is 18.5. The first-order chi connectivity index (χ1) is 12.1. The number of benzene rings is 2. The fraction of sp³-hybridized carbons (Fsp3) is 0.263. The van der Waals surface area contributed by atoms with E-state index in [4.69, 9.17) is 10.5 Å². The summed E-state index contributed by atoms with van der Waals surface area (Å²) in [6.45, 7) is 0.483. The molecule has 1 unspecified atom stereocenters. The van der Waals surface area contributed by atoms with Crippen LogP contribution in [-0.4, -0.2) is 24.9 Å². The van der Waals surface area contributed by atoms with E-state index >= 15 is 0 Å². The van der Waals surface area contributed by atoms with E-state index in [-0.39, 0.29) is 18.2 Å². The van der Waals surface area contributed by atoms with Crippen LogP contribution >= 0.6 is 0 Å². The molecule has 0 aliphatic rings. The Morgan fingerprint density at radius 1 is 1.08 bits per heavy atom. The standard InChI is InChI=1S/C19H23N3O3/c1-21-18(23)12-11-17(20)19(24)22-15-7-9-16(10-8-15)25-13-14-5-3-2-4-6-14/h2-10,17H,11-13,20H2,1H3,(H,21,23)(H,22,24). The molecular weight excluding hydrogens is 318 g/mol. The van der Waals surface area contributed by atoms with Gasteiger partial charge in [-0.25, -0.2) is 0 Å². The van der Waals surface area contributed by atoms with Crippen molar-refractivity contribution >= 4 is 17.5 Å². The summed E-state index contributed by atoms with van der Waals surface area (Å²) in [6.07, 6.45) is 0.515. The summed E-state index contributed by atoms with van der Waals surface area (Å²) in [6, 6.07) is 16.2. The molecule has 0 saturated carbocycles. The van der Waals surface area contributed by atoms with Gasteiger partial charge in [-0.05, 0) is 36.2 Å². The van der Waals surface area contributed by atoms with Gasteiger partial charge in [0.25, 0.3) is 0 Å². The second kappa shape index (κ2) is 9.44. The van der Waals surface area contributed by atoms with Crippen LogP contribution in [0, 0.1) is 0 Å². The summed E-state index contributed by atoms with van der Waals surface area (Å²) >= 11 is 0. The topological polar surface area (TPSA) is 93.5 Å². The Hall–Kier alpha value is -2.86. The SMILES string of the molecule is CNC(=O)CCC(N)C(=O)Nc1ccc(OCc2ccccc2)cc1. The summed E-state index contributed by atoms with van der Waals surface area (Å²) in [5.74, 6) is 0.260. The van der Waals surface area contributed by atoms with Crippen molar-refractivity contribution in [2.75, 3.05) is 12.4 Å². The molecule has 0 aromatic heterocycles. The van der Waals surface area contributed by atoms with Gasteiger partial charge in [-0.3, -0.25) is 9.59 Å². The maximum atomic E-state index is 12.0. The minimum Gasteiger partial charge on any atom is -0.489 e. The second-order valence-electron chi connectivity index (χ2n) is 5.61. The van der Waals surface area contributed by atoms with Crippen LogP contribution in [0.2, 0.25) is 0 Å². The van der Waals surface area contributed by atoms with Gasteiger partial charge in [0, 0.05) is 19.2 Å². The average molecular weight is 341 g/mol. The van der Waals surface area contributed by atoms with E-state index in [0.29, 0.717) is 24.5 Å². The van der Waals surface area contributed by atoms with E-state index in [0.717, 1.165) is 5.56 Å². The molecule has 4 N–H and O–H groups in total. The molecule has 0 bridgehead atoms. The number of carbonyl (C=O) groups is 2. The lowest BCUT2D eigenvalue weighted by Gasteiger charge is -2.12. The molecule has 0 saturated heterocycles. The molecule has 0 radical (unpaired) electrons. The number of hydrogen-bond donors (Lipinski definition) is 3. The zero-order valence-corrected chi connectivity index (χ0v) is 14.2. The summed E-state index contributed by atoms with van der Waals surface area (Å²) < 4.78 is 5.69. The zero-order chi connectivity index (χ0) is 18.1. The quantitative estimate of drug-likeness (QED) is 0.685. The molecule has 0 aliphatic heterocycles. The third-order valence-electron chi connectivity index (χ3n) is 3.67. The van der Waals surface area contributed by atoms with Crippen molar-refractivity contribution in [2.45, 2.75) is 25.5 Å². The summed E-state index contributed by atoms with van der Waals surface area (Å²) in [4.78, 5) is 23.2. The van der Waals surface area contributed by atoms with Crippen LogP contribution in [0.4, 0.5) is 5.69 Å². The number of nitrogens with one attached hydrogen (secondary N) is 2. The molecule has 2 aromatic rings. The maximum Gasteiger partial charge on any atom is 0.241 e. The fourth-order valence-corrected chi connectivity index (χ4v) is 2.15. The van der Waals surface area contributed by atoms with Gasteiger partial charge in [-0.2, -0.15) is 0 Å². The molecule has 132 valence electrons. The van der Waals surface area contributed by atoms with Gasteiger partial charge in [-0.15, -0.1) is 0 Å². The minimum absolute atomic E-state index is 0.136. The van der Waals surface area contributed by atoms with Crippen molar-refractivity contribution in [3.05, 3.63) is 60.2 Å². The normalized spacial score (nSPS) is 11.4. The number of ether oxygens (including phenoxy) is 1. The monoisotopic (exact) mass is 341 g/mol. The Morgan fingerprint density at radius 2 is 1.76 bits per heavy atom. The van der Waals surface area contributed by atoms with Gasteiger partial charge in [-0.1, -0.05) is 30.3 Å². The molecule has 2 rings (SSSR count). The Kier molecular flexibility index (Phi) is 6.98. The molecule has 2 aromatic carbocycles. The highest BCUT2D eigenvalue weighted by Gasteiger charge is 2.14. The number of amides is 2. The van der Waals surface area contributed by atoms with Gasteiger partial charge in [0.2, 0.25) is 11.8 Å². The first-order valence-electron chi connectivity index (χ1n) is 8.12. The van der Waals surface area contributed by atoms with Gasteiger partial charge < -0.3 is 21.1 Å². The lowest BCUT2D eigenvalue weighted by Crippen LogP contribution is -2.36. The highest BCUT2D eigenvalue weighted by Crippen LogP contribution is 2.17. The van der Waals surface area contributed by atoms with Crippen molar-refractivity contribution in [1.82, 2.24) is 5.32 Å².